The molecular formula is C33H38FN3O4. The second kappa shape index (κ2) is 13.9. The van der Waals surface area contributed by atoms with Crippen molar-refractivity contribution in [3.63, 3.8) is 0 Å². The molecule has 5 rings (SSSR count). The van der Waals surface area contributed by atoms with E-state index in [4.69, 9.17) is 14.2 Å². The molecule has 0 bridgehead atoms. The number of amides is 1. The monoisotopic (exact) mass is 559 g/mol. The molecule has 3 heterocycles. The fourth-order valence-electron chi connectivity index (χ4n) is 5.42. The molecule has 8 heteroatoms. The first-order valence-corrected chi connectivity index (χ1v) is 14.3. The number of likely N-dealkylation sites (tertiary alicyclic amines) is 1. The van der Waals surface area contributed by atoms with Gasteiger partial charge in [0.1, 0.15) is 17.7 Å². The van der Waals surface area contributed by atoms with Crippen molar-refractivity contribution < 1.29 is 23.4 Å². The molecule has 0 radical (unpaired) electrons. The number of piperidine rings is 1. The summed E-state index contributed by atoms with van der Waals surface area (Å²) in [6.45, 7) is 6.80. The number of methoxy groups -OCH3 is 1. The number of carbonyl (C=O) groups is 1. The van der Waals surface area contributed by atoms with E-state index in [1.807, 2.05) is 19.1 Å². The van der Waals surface area contributed by atoms with Gasteiger partial charge in [0.05, 0.1) is 37.6 Å². The maximum absolute atomic E-state index is 13.8. The summed E-state index contributed by atoms with van der Waals surface area (Å²) in [4.78, 5) is 19.6. The van der Waals surface area contributed by atoms with Gasteiger partial charge >= 0.3 is 0 Å². The van der Waals surface area contributed by atoms with Gasteiger partial charge in [0.25, 0.3) is 5.91 Å². The van der Waals surface area contributed by atoms with Gasteiger partial charge in [-0.1, -0.05) is 42.0 Å². The van der Waals surface area contributed by atoms with E-state index >= 15 is 0 Å². The Bertz CT molecular complexity index is 1330. The molecule has 2 atom stereocenters. The van der Waals surface area contributed by atoms with E-state index in [9.17, 15) is 9.18 Å². The number of nitrogens with one attached hydrogen (secondary N) is 1. The Morgan fingerprint density at radius 2 is 1.78 bits per heavy atom. The predicted molar refractivity (Wildman–Crippen MR) is 156 cm³/mol. The number of rotatable bonds is 10. The van der Waals surface area contributed by atoms with Crippen molar-refractivity contribution >= 4 is 11.5 Å². The van der Waals surface area contributed by atoms with Gasteiger partial charge in [0.15, 0.2) is 0 Å². The number of nitrogens with zero attached hydrogens (tertiary/aromatic N) is 2. The van der Waals surface area contributed by atoms with Crippen molar-refractivity contribution in [1.29, 1.82) is 0 Å². The lowest BCUT2D eigenvalue weighted by Crippen LogP contribution is -2.33. The highest BCUT2D eigenvalue weighted by Gasteiger charge is 2.21. The lowest BCUT2D eigenvalue weighted by Gasteiger charge is -2.30. The summed E-state index contributed by atoms with van der Waals surface area (Å²) in [5.74, 6) is 0.111. The largest absolute Gasteiger partial charge is 0.486 e. The number of hydrogen-bond acceptors (Lipinski definition) is 6. The summed E-state index contributed by atoms with van der Waals surface area (Å²) in [6, 6.07) is 16.6. The minimum atomic E-state index is -0.243. The highest BCUT2D eigenvalue weighted by Crippen LogP contribution is 2.33. The Morgan fingerprint density at radius 1 is 1.07 bits per heavy atom. The molecule has 1 amide bonds. The number of halogens is 1. The molecule has 0 unspecified atom stereocenters. The number of pyridine rings is 1. The minimum Gasteiger partial charge on any atom is -0.486 e. The number of hydrogen-bond donors (Lipinski definition) is 1. The lowest BCUT2D eigenvalue weighted by molar-refractivity contribution is 0.0938. The molecule has 0 saturated carbocycles. The maximum atomic E-state index is 13.8. The molecule has 2 aromatic carbocycles. The van der Waals surface area contributed by atoms with E-state index in [-0.39, 0.29) is 23.9 Å². The average molecular weight is 560 g/mol. The van der Waals surface area contributed by atoms with Gasteiger partial charge in [-0.25, -0.2) is 4.39 Å². The average Bonchev–Trinajstić information content (AvgIpc) is 3.51. The van der Waals surface area contributed by atoms with Crippen LogP contribution in [0.4, 0.5) is 4.39 Å². The number of carbonyl (C=O) groups excluding carboxylic acids is 1. The van der Waals surface area contributed by atoms with Crippen LogP contribution in [0, 0.1) is 5.82 Å². The van der Waals surface area contributed by atoms with Crippen LogP contribution >= 0.6 is 0 Å². The summed E-state index contributed by atoms with van der Waals surface area (Å²) in [5, 5.41) is 3.08. The fraction of sp³-hybridized carbons (Fsp3) is 0.394. The van der Waals surface area contributed by atoms with Gasteiger partial charge in [0, 0.05) is 39.4 Å². The number of ether oxygens (including phenoxy) is 3. The molecule has 3 aromatic rings. The SMILES string of the molecule is COCCN1CCC(=C(c2ccc(F)cc2)c2ccc([C@@H](C)NC(=O)c3cncc(O[C@@H]4CCOC4)c3)cc2)CC1. The second-order valence-corrected chi connectivity index (χ2v) is 10.6. The Kier molecular flexibility index (Phi) is 9.77. The molecule has 2 fully saturated rings. The van der Waals surface area contributed by atoms with E-state index in [1.165, 1.54) is 17.7 Å². The lowest BCUT2D eigenvalue weighted by atomic mass is 9.87. The Hall–Kier alpha value is -3.59. The summed E-state index contributed by atoms with van der Waals surface area (Å²) in [5.41, 5.74) is 6.07. The van der Waals surface area contributed by atoms with Crippen LogP contribution in [-0.2, 0) is 9.47 Å². The minimum absolute atomic E-state index is 0.00878. The Balaban J connectivity index is 1.29. The molecule has 0 spiro atoms. The van der Waals surface area contributed by atoms with Crippen LogP contribution in [0.1, 0.15) is 59.3 Å². The van der Waals surface area contributed by atoms with E-state index in [0.717, 1.165) is 67.8 Å². The molecule has 0 aliphatic carbocycles. The summed E-state index contributed by atoms with van der Waals surface area (Å²) in [7, 11) is 1.73. The summed E-state index contributed by atoms with van der Waals surface area (Å²) >= 11 is 0. The molecule has 41 heavy (non-hydrogen) atoms. The summed E-state index contributed by atoms with van der Waals surface area (Å²) < 4.78 is 30.3. The zero-order chi connectivity index (χ0) is 28.6. The zero-order valence-corrected chi connectivity index (χ0v) is 23.8. The highest BCUT2D eigenvalue weighted by atomic mass is 19.1. The Labute approximate surface area is 241 Å². The Morgan fingerprint density at radius 3 is 2.44 bits per heavy atom. The molecule has 7 nitrogen and oxygen atoms in total. The third kappa shape index (κ3) is 7.58. The standard InChI is InChI=1S/C33H38FN3O4/c1-23(36-33(38)28-19-31(21-35-20-28)41-30-13-17-40-22-30)24-3-5-25(6-4-24)32(26-7-9-29(34)10-8-26)27-11-14-37(15-12-27)16-18-39-2/h3-10,19-21,23,30H,11-18,22H2,1-2H3,(H,36,38)/t23-,30-/m1/s1. The van der Waals surface area contributed by atoms with Crippen molar-refractivity contribution in [3.05, 3.63) is 101 Å². The van der Waals surface area contributed by atoms with E-state index in [0.29, 0.717) is 24.5 Å². The van der Waals surface area contributed by atoms with Crippen LogP contribution in [0.3, 0.4) is 0 Å². The van der Waals surface area contributed by atoms with Crippen LogP contribution in [-0.4, -0.2) is 68.5 Å². The van der Waals surface area contributed by atoms with Gasteiger partial charge in [-0.3, -0.25) is 9.78 Å². The van der Waals surface area contributed by atoms with Crippen LogP contribution in [0.15, 0.2) is 72.6 Å². The second-order valence-electron chi connectivity index (χ2n) is 10.6. The van der Waals surface area contributed by atoms with E-state index in [1.54, 1.807) is 25.6 Å². The first-order valence-electron chi connectivity index (χ1n) is 14.3. The highest BCUT2D eigenvalue weighted by molar-refractivity contribution is 5.94. The van der Waals surface area contributed by atoms with Crippen molar-refractivity contribution in [3.8, 4) is 5.75 Å². The predicted octanol–water partition coefficient (Wildman–Crippen LogP) is 5.42. The molecule has 1 N–H and O–H groups in total. The molecular weight excluding hydrogens is 521 g/mol. The van der Waals surface area contributed by atoms with Crippen molar-refractivity contribution in [2.24, 2.45) is 0 Å². The quantitative estimate of drug-likeness (QED) is 0.358. The molecule has 2 saturated heterocycles. The molecule has 2 aliphatic rings. The van der Waals surface area contributed by atoms with Crippen LogP contribution in [0.25, 0.3) is 5.57 Å². The smallest absolute Gasteiger partial charge is 0.253 e. The number of benzene rings is 2. The van der Waals surface area contributed by atoms with E-state index < -0.39 is 0 Å². The van der Waals surface area contributed by atoms with Gasteiger partial charge in [-0.05, 0) is 60.2 Å². The third-order valence-electron chi connectivity index (χ3n) is 7.77. The van der Waals surface area contributed by atoms with Gasteiger partial charge in [-0.15, -0.1) is 0 Å². The number of aromatic nitrogens is 1. The van der Waals surface area contributed by atoms with Crippen molar-refractivity contribution in [2.45, 2.75) is 38.3 Å². The first kappa shape index (κ1) is 28.9. The van der Waals surface area contributed by atoms with Crippen LogP contribution in [0.5, 0.6) is 5.75 Å². The van der Waals surface area contributed by atoms with Gasteiger partial charge in [-0.2, -0.15) is 0 Å². The molecule has 216 valence electrons. The van der Waals surface area contributed by atoms with Crippen LogP contribution in [0.2, 0.25) is 0 Å². The first-order chi connectivity index (χ1) is 20.0. The van der Waals surface area contributed by atoms with E-state index in [2.05, 4.69) is 39.5 Å². The normalized spacial score (nSPS) is 18.2. The van der Waals surface area contributed by atoms with Gasteiger partial charge < -0.3 is 24.4 Å². The fourth-order valence-corrected chi connectivity index (χ4v) is 5.42. The maximum Gasteiger partial charge on any atom is 0.253 e. The zero-order valence-electron chi connectivity index (χ0n) is 23.8. The van der Waals surface area contributed by atoms with Crippen LogP contribution < -0.4 is 10.1 Å². The summed E-state index contributed by atoms with van der Waals surface area (Å²) in [6.07, 6.45) is 5.89. The molecule has 2 aliphatic heterocycles. The van der Waals surface area contributed by atoms with Gasteiger partial charge in [0.2, 0.25) is 0 Å². The van der Waals surface area contributed by atoms with Crippen molar-refractivity contribution in [2.75, 3.05) is 46.6 Å². The topological polar surface area (TPSA) is 72.9 Å². The molecule has 1 aromatic heterocycles. The van der Waals surface area contributed by atoms with Crippen molar-refractivity contribution in [1.82, 2.24) is 15.2 Å². The third-order valence-corrected chi connectivity index (χ3v) is 7.77.